The van der Waals surface area contributed by atoms with Crippen LogP contribution >= 0.6 is 0 Å². The standard InChI is InChI=1S/C15H28N2O2/c1-15(2,3)13-8-11-17(12-9-13)14(18)7-5-4-6-10-16-19/h13H,4-12H2,1-3H3. The van der Waals surface area contributed by atoms with Gasteiger partial charge in [0.25, 0.3) is 0 Å². The highest BCUT2D eigenvalue weighted by atomic mass is 16.3. The first kappa shape index (κ1) is 16.1. The van der Waals surface area contributed by atoms with Gasteiger partial charge in [0, 0.05) is 19.5 Å². The topological polar surface area (TPSA) is 49.7 Å². The molecule has 1 fully saturated rings. The van der Waals surface area contributed by atoms with Crippen LogP contribution in [0.5, 0.6) is 0 Å². The quantitative estimate of drug-likeness (QED) is 0.546. The predicted molar refractivity (Wildman–Crippen MR) is 77.9 cm³/mol. The zero-order valence-electron chi connectivity index (χ0n) is 12.7. The van der Waals surface area contributed by atoms with E-state index in [-0.39, 0.29) is 5.91 Å². The summed E-state index contributed by atoms with van der Waals surface area (Å²) in [4.78, 5) is 24.0. The Hall–Kier alpha value is -0.930. The molecule has 110 valence electrons. The van der Waals surface area contributed by atoms with E-state index in [0.29, 0.717) is 18.4 Å². The van der Waals surface area contributed by atoms with Gasteiger partial charge in [-0.1, -0.05) is 32.4 Å². The Bertz CT molecular complexity index is 289. The number of carbonyl (C=O) groups excluding carboxylic acids is 1. The summed E-state index contributed by atoms with van der Waals surface area (Å²) >= 11 is 0. The zero-order valence-corrected chi connectivity index (χ0v) is 12.7. The number of unbranched alkanes of at least 4 members (excludes halogenated alkanes) is 2. The third-order valence-electron chi connectivity index (χ3n) is 4.21. The highest BCUT2D eigenvalue weighted by molar-refractivity contribution is 5.76. The van der Waals surface area contributed by atoms with Gasteiger partial charge in [-0.25, -0.2) is 0 Å². The lowest BCUT2D eigenvalue weighted by atomic mass is 9.75. The molecular formula is C15H28N2O2. The molecule has 1 amide bonds. The first-order valence-electron chi connectivity index (χ1n) is 7.52. The molecule has 0 unspecified atom stereocenters. The fourth-order valence-corrected chi connectivity index (χ4v) is 2.78. The average molecular weight is 268 g/mol. The van der Waals surface area contributed by atoms with Gasteiger partial charge in [0.05, 0.1) is 6.54 Å². The predicted octanol–water partition coefficient (Wildman–Crippen LogP) is 3.60. The van der Waals surface area contributed by atoms with Crippen LogP contribution in [0, 0.1) is 16.2 Å². The summed E-state index contributed by atoms with van der Waals surface area (Å²) in [6, 6.07) is 0. The number of piperidine rings is 1. The molecule has 1 rings (SSSR count). The first-order valence-corrected chi connectivity index (χ1v) is 7.52. The number of rotatable bonds is 6. The zero-order chi connectivity index (χ0) is 14.3. The molecule has 0 N–H and O–H groups in total. The summed E-state index contributed by atoms with van der Waals surface area (Å²) < 4.78 is 0. The van der Waals surface area contributed by atoms with Crippen LogP contribution in [0.2, 0.25) is 0 Å². The maximum Gasteiger partial charge on any atom is 0.222 e. The third kappa shape index (κ3) is 5.70. The highest BCUT2D eigenvalue weighted by Crippen LogP contribution is 2.34. The summed E-state index contributed by atoms with van der Waals surface area (Å²) in [7, 11) is 0. The Kier molecular flexibility index (Phi) is 6.46. The van der Waals surface area contributed by atoms with Gasteiger partial charge in [-0.3, -0.25) is 4.79 Å². The maximum absolute atomic E-state index is 12.0. The molecule has 0 aromatic heterocycles. The molecule has 4 nitrogen and oxygen atoms in total. The van der Waals surface area contributed by atoms with Crippen LogP contribution < -0.4 is 0 Å². The largest absolute Gasteiger partial charge is 0.343 e. The average Bonchev–Trinajstić information content (AvgIpc) is 2.37. The highest BCUT2D eigenvalue weighted by Gasteiger charge is 2.29. The monoisotopic (exact) mass is 268 g/mol. The van der Waals surface area contributed by atoms with Crippen molar-refractivity contribution in [1.82, 2.24) is 4.90 Å². The molecule has 0 aromatic carbocycles. The molecule has 0 spiro atoms. The Morgan fingerprint density at radius 3 is 2.32 bits per heavy atom. The van der Waals surface area contributed by atoms with E-state index in [1.54, 1.807) is 0 Å². The summed E-state index contributed by atoms with van der Waals surface area (Å²) in [5.41, 5.74) is 0.358. The van der Waals surface area contributed by atoms with Gasteiger partial charge in [0.15, 0.2) is 0 Å². The van der Waals surface area contributed by atoms with Gasteiger partial charge in [-0.05, 0) is 37.0 Å². The van der Waals surface area contributed by atoms with Crippen molar-refractivity contribution in [3.63, 3.8) is 0 Å². The minimum atomic E-state index is 0.284. The SMILES string of the molecule is CC(C)(C)C1CCN(C(=O)CCCCCN=O)CC1. The second-order valence-corrected chi connectivity index (χ2v) is 6.68. The van der Waals surface area contributed by atoms with Crippen LogP contribution in [0.15, 0.2) is 5.18 Å². The van der Waals surface area contributed by atoms with Crippen molar-refractivity contribution in [2.75, 3.05) is 19.6 Å². The van der Waals surface area contributed by atoms with Gasteiger partial charge < -0.3 is 4.90 Å². The normalized spacial score (nSPS) is 17.5. The number of carbonyl (C=O) groups is 1. The number of hydrogen-bond acceptors (Lipinski definition) is 3. The van der Waals surface area contributed by atoms with Crippen molar-refractivity contribution in [2.24, 2.45) is 16.5 Å². The van der Waals surface area contributed by atoms with E-state index in [2.05, 4.69) is 25.9 Å². The molecule has 0 atom stereocenters. The molecule has 0 aliphatic carbocycles. The molecule has 4 heteroatoms. The molecule has 19 heavy (non-hydrogen) atoms. The van der Waals surface area contributed by atoms with E-state index in [9.17, 15) is 9.70 Å². The van der Waals surface area contributed by atoms with E-state index < -0.39 is 0 Å². The summed E-state index contributed by atoms with van der Waals surface area (Å²) in [5.74, 6) is 1.02. The van der Waals surface area contributed by atoms with Crippen molar-refractivity contribution >= 4 is 5.91 Å². The second kappa shape index (κ2) is 7.61. The van der Waals surface area contributed by atoms with Crippen LogP contribution in [-0.4, -0.2) is 30.4 Å². The lowest BCUT2D eigenvalue weighted by Crippen LogP contribution is -2.41. The fourth-order valence-electron chi connectivity index (χ4n) is 2.78. The Morgan fingerprint density at radius 1 is 1.16 bits per heavy atom. The lowest BCUT2D eigenvalue weighted by molar-refractivity contribution is -0.133. The first-order chi connectivity index (χ1) is 8.95. The molecule has 1 aliphatic rings. The minimum absolute atomic E-state index is 0.284. The molecule has 1 aliphatic heterocycles. The Balaban J connectivity index is 2.20. The van der Waals surface area contributed by atoms with Gasteiger partial charge >= 0.3 is 0 Å². The lowest BCUT2D eigenvalue weighted by Gasteiger charge is -2.38. The minimum Gasteiger partial charge on any atom is -0.343 e. The van der Waals surface area contributed by atoms with Crippen LogP contribution in [0.3, 0.4) is 0 Å². The van der Waals surface area contributed by atoms with E-state index in [4.69, 9.17) is 0 Å². The third-order valence-corrected chi connectivity index (χ3v) is 4.21. The van der Waals surface area contributed by atoms with Crippen molar-refractivity contribution in [3.8, 4) is 0 Å². The molecule has 0 saturated carbocycles. The van der Waals surface area contributed by atoms with Gasteiger partial charge in [0.1, 0.15) is 0 Å². The summed E-state index contributed by atoms with van der Waals surface area (Å²) in [6.07, 6.45) is 5.50. The van der Waals surface area contributed by atoms with Crippen molar-refractivity contribution < 1.29 is 4.79 Å². The van der Waals surface area contributed by atoms with Crippen LogP contribution in [0.25, 0.3) is 0 Å². The van der Waals surface area contributed by atoms with Crippen LogP contribution in [0.1, 0.15) is 59.3 Å². The molecule has 1 heterocycles. The number of likely N-dealkylation sites (tertiary alicyclic amines) is 1. The second-order valence-electron chi connectivity index (χ2n) is 6.68. The van der Waals surface area contributed by atoms with Crippen LogP contribution in [0.4, 0.5) is 0 Å². The molecule has 1 saturated heterocycles. The fraction of sp³-hybridized carbons (Fsp3) is 0.933. The maximum atomic E-state index is 12.0. The Morgan fingerprint density at radius 2 is 1.79 bits per heavy atom. The van der Waals surface area contributed by atoms with Crippen molar-refractivity contribution in [2.45, 2.75) is 59.3 Å². The van der Waals surface area contributed by atoms with E-state index >= 15 is 0 Å². The molecular weight excluding hydrogens is 240 g/mol. The summed E-state index contributed by atoms with van der Waals surface area (Å²) in [6.45, 7) is 9.07. The number of nitrogens with zero attached hydrogens (tertiary/aromatic N) is 2. The van der Waals surface area contributed by atoms with Crippen molar-refractivity contribution in [3.05, 3.63) is 4.91 Å². The smallest absolute Gasteiger partial charge is 0.222 e. The Labute approximate surface area is 116 Å². The van der Waals surface area contributed by atoms with Crippen LogP contribution in [-0.2, 0) is 4.79 Å². The number of hydrogen-bond donors (Lipinski definition) is 0. The number of nitroso groups, excluding NO2 is 1. The van der Waals surface area contributed by atoms with Gasteiger partial charge in [-0.2, -0.15) is 4.91 Å². The van der Waals surface area contributed by atoms with E-state index in [0.717, 1.165) is 51.1 Å². The molecule has 0 aromatic rings. The van der Waals surface area contributed by atoms with Gasteiger partial charge in [-0.15, -0.1) is 0 Å². The molecule has 0 bridgehead atoms. The number of amides is 1. The van der Waals surface area contributed by atoms with Gasteiger partial charge in [0.2, 0.25) is 5.91 Å². The molecule has 0 radical (unpaired) electrons. The van der Waals surface area contributed by atoms with E-state index in [1.807, 2.05) is 4.90 Å². The van der Waals surface area contributed by atoms with Crippen molar-refractivity contribution in [1.29, 1.82) is 0 Å². The van der Waals surface area contributed by atoms with E-state index in [1.165, 1.54) is 0 Å². The summed E-state index contributed by atoms with van der Waals surface area (Å²) in [5, 5.41) is 2.83.